The number of nitrogen functional groups attached to an aromatic ring is 1. The van der Waals surface area contributed by atoms with E-state index in [2.05, 4.69) is 4.98 Å². The van der Waals surface area contributed by atoms with Gasteiger partial charge in [0.1, 0.15) is 17.0 Å². The second-order valence-electron chi connectivity index (χ2n) is 5.41. The number of carbonyl (C=O) groups excluding carboxylic acids is 1. The average molecular weight is 246 g/mol. The summed E-state index contributed by atoms with van der Waals surface area (Å²) in [4.78, 5) is 15.2. The molecule has 4 nitrogen and oxygen atoms in total. The molecule has 0 aliphatic rings. The minimum atomic E-state index is -0.531. The number of H-pyrrole nitrogens is 1. The normalized spacial score (nSPS) is 11.8. The maximum absolute atomic E-state index is 12.1. The minimum absolute atomic E-state index is 0.355. The number of nitrogens with two attached hydrogens (primary N) is 1. The van der Waals surface area contributed by atoms with Crippen LogP contribution in [-0.2, 0) is 4.74 Å². The topological polar surface area (TPSA) is 68.1 Å². The molecule has 0 saturated carbocycles. The lowest BCUT2D eigenvalue weighted by molar-refractivity contribution is 0.00732. The Kier molecular flexibility index (Phi) is 2.81. The number of benzene rings is 1. The molecule has 0 fully saturated rings. The SMILES string of the molecule is Cc1cccc2c(C(=O)OC(C)(C)C)c(N)[nH]c12. The summed E-state index contributed by atoms with van der Waals surface area (Å²) in [5, 5.41) is 0.807. The van der Waals surface area contributed by atoms with Crippen LogP contribution >= 0.6 is 0 Å². The van der Waals surface area contributed by atoms with Crippen LogP contribution < -0.4 is 5.73 Å². The van der Waals surface area contributed by atoms with Gasteiger partial charge in [-0.3, -0.25) is 0 Å². The van der Waals surface area contributed by atoms with Crippen molar-refractivity contribution in [2.45, 2.75) is 33.3 Å². The van der Waals surface area contributed by atoms with Crippen LogP contribution in [0.5, 0.6) is 0 Å². The number of anilines is 1. The van der Waals surface area contributed by atoms with Crippen LogP contribution in [0.1, 0.15) is 36.7 Å². The monoisotopic (exact) mass is 246 g/mol. The van der Waals surface area contributed by atoms with Crippen molar-refractivity contribution in [3.05, 3.63) is 29.3 Å². The molecular formula is C14H18N2O2. The number of aryl methyl sites for hydroxylation is 1. The Labute approximate surface area is 106 Å². The second kappa shape index (κ2) is 4.05. The maximum Gasteiger partial charge on any atom is 0.343 e. The standard InChI is InChI=1S/C14H18N2O2/c1-8-6-5-7-9-10(12(15)16-11(8)9)13(17)18-14(2,3)4/h5-7,16H,15H2,1-4H3. The maximum atomic E-state index is 12.1. The predicted octanol–water partition coefficient (Wildman–Crippen LogP) is 3.01. The number of aromatic amines is 1. The van der Waals surface area contributed by atoms with Gasteiger partial charge in [-0.2, -0.15) is 0 Å². The van der Waals surface area contributed by atoms with Gasteiger partial charge in [0.15, 0.2) is 0 Å². The van der Waals surface area contributed by atoms with Crippen LogP contribution in [0.3, 0.4) is 0 Å². The van der Waals surface area contributed by atoms with Gasteiger partial charge in [-0.05, 0) is 33.3 Å². The van der Waals surface area contributed by atoms with Gasteiger partial charge >= 0.3 is 5.97 Å². The number of fused-ring (bicyclic) bond motifs is 1. The first-order valence-corrected chi connectivity index (χ1v) is 5.90. The van der Waals surface area contributed by atoms with Crippen molar-refractivity contribution in [3.8, 4) is 0 Å². The molecule has 0 aliphatic heterocycles. The van der Waals surface area contributed by atoms with Gasteiger partial charge in [-0.1, -0.05) is 18.2 Å². The first-order valence-electron chi connectivity index (χ1n) is 5.90. The summed E-state index contributed by atoms with van der Waals surface area (Å²) in [5.41, 5.74) is 7.71. The fraction of sp³-hybridized carbons (Fsp3) is 0.357. The van der Waals surface area contributed by atoms with Crippen LogP contribution in [0.15, 0.2) is 18.2 Å². The van der Waals surface area contributed by atoms with E-state index in [1.807, 2.05) is 45.9 Å². The Balaban J connectivity index is 2.54. The number of rotatable bonds is 1. The molecule has 0 saturated heterocycles. The van der Waals surface area contributed by atoms with Crippen molar-refractivity contribution >= 4 is 22.7 Å². The highest BCUT2D eigenvalue weighted by molar-refractivity contribution is 6.09. The molecule has 3 N–H and O–H groups in total. The van der Waals surface area contributed by atoms with Crippen LogP contribution in [-0.4, -0.2) is 16.6 Å². The van der Waals surface area contributed by atoms with Crippen LogP contribution in [0.25, 0.3) is 10.9 Å². The summed E-state index contributed by atoms with van der Waals surface area (Å²) in [6.07, 6.45) is 0. The van der Waals surface area contributed by atoms with Crippen LogP contribution in [0, 0.1) is 6.92 Å². The fourth-order valence-corrected chi connectivity index (χ4v) is 1.93. The molecule has 0 amide bonds. The third-order valence-corrected chi connectivity index (χ3v) is 2.67. The number of para-hydroxylation sites is 1. The average Bonchev–Trinajstić information content (AvgIpc) is 2.53. The summed E-state index contributed by atoms with van der Waals surface area (Å²) in [5.74, 6) is -0.0367. The molecule has 0 aliphatic carbocycles. The third-order valence-electron chi connectivity index (χ3n) is 2.67. The molecule has 0 atom stereocenters. The van der Waals surface area contributed by atoms with E-state index in [9.17, 15) is 4.79 Å². The molecule has 1 aromatic carbocycles. The van der Waals surface area contributed by atoms with Crippen molar-refractivity contribution < 1.29 is 9.53 Å². The highest BCUT2D eigenvalue weighted by Gasteiger charge is 2.23. The lowest BCUT2D eigenvalue weighted by atomic mass is 10.1. The van der Waals surface area contributed by atoms with E-state index in [0.717, 1.165) is 16.5 Å². The molecule has 1 heterocycles. The van der Waals surface area contributed by atoms with Crippen molar-refractivity contribution in [2.24, 2.45) is 0 Å². The number of hydrogen-bond acceptors (Lipinski definition) is 3. The second-order valence-corrected chi connectivity index (χ2v) is 5.41. The van der Waals surface area contributed by atoms with Gasteiger partial charge in [0.2, 0.25) is 0 Å². The number of ether oxygens (including phenoxy) is 1. The highest BCUT2D eigenvalue weighted by Crippen LogP contribution is 2.28. The van der Waals surface area contributed by atoms with Gasteiger partial charge in [-0.15, -0.1) is 0 Å². The molecule has 18 heavy (non-hydrogen) atoms. The molecule has 2 rings (SSSR count). The van der Waals surface area contributed by atoms with E-state index in [1.54, 1.807) is 0 Å². The Bertz CT molecular complexity index is 606. The zero-order chi connectivity index (χ0) is 13.5. The molecule has 1 aromatic heterocycles. The van der Waals surface area contributed by atoms with E-state index in [0.29, 0.717) is 11.4 Å². The van der Waals surface area contributed by atoms with Gasteiger partial charge in [0, 0.05) is 5.39 Å². The van der Waals surface area contributed by atoms with Crippen molar-refractivity contribution in [1.82, 2.24) is 4.98 Å². The number of carbonyl (C=O) groups is 1. The largest absolute Gasteiger partial charge is 0.456 e. The van der Waals surface area contributed by atoms with Gasteiger partial charge in [0.05, 0.1) is 5.52 Å². The Morgan fingerprint density at radius 2 is 2.00 bits per heavy atom. The minimum Gasteiger partial charge on any atom is -0.456 e. The van der Waals surface area contributed by atoms with Gasteiger partial charge < -0.3 is 15.5 Å². The Morgan fingerprint density at radius 1 is 1.33 bits per heavy atom. The van der Waals surface area contributed by atoms with Crippen LogP contribution in [0.4, 0.5) is 5.82 Å². The van der Waals surface area contributed by atoms with Gasteiger partial charge in [-0.25, -0.2) is 4.79 Å². The van der Waals surface area contributed by atoms with E-state index in [1.165, 1.54) is 0 Å². The zero-order valence-corrected chi connectivity index (χ0v) is 11.1. The summed E-state index contributed by atoms with van der Waals surface area (Å²) >= 11 is 0. The summed E-state index contributed by atoms with van der Waals surface area (Å²) in [7, 11) is 0. The Morgan fingerprint density at radius 3 is 2.61 bits per heavy atom. The van der Waals surface area contributed by atoms with E-state index < -0.39 is 11.6 Å². The number of aromatic nitrogens is 1. The molecule has 96 valence electrons. The molecular weight excluding hydrogens is 228 g/mol. The van der Waals surface area contributed by atoms with E-state index >= 15 is 0 Å². The quantitative estimate of drug-likeness (QED) is 0.760. The van der Waals surface area contributed by atoms with Crippen molar-refractivity contribution in [1.29, 1.82) is 0 Å². The first kappa shape index (κ1) is 12.5. The van der Waals surface area contributed by atoms with Crippen molar-refractivity contribution in [2.75, 3.05) is 5.73 Å². The third kappa shape index (κ3) is 2.18. The zero-order valence-electron chi connectivity index (χ0n) is 11.1. The summed E-state index contributed by atoms with van der Waals surface area (Å²) < 4.78 is 5.37. The van der Waals surface area contributed by atoms with E-state index in [4.69, 9.17) is 10.5 Å². The van der Waals surface area contributed by atoms with E-state index in [-0.39, 0.29) is 0 Å². The molecule has 0 radical (unpaired) electrons. The molecule has 0 bridgehead atoms. The fourth-order valence-electron chi connectivity index (χ4n) is 1.93. The highest BCUT2D eigenvalue weighted by atomic mass is 16.6. The molecule has 2 aromatic rings. The number of nitrogens with one attached hydrogen (secondary N) is 1. The molecule has 0 spiro atoms. The smallest absolute Gasteiger partial charge is 0.343 e. The molecule has 0 unspecified atom stereocenters. The lowest BCUT2D eigenvalue weighted by Gasteiger charge is -2.19. The summed E-state index contributed by atoms with van der Waals surface area (Å²) in [6.45, 7) is 7.47. The summed E-state index contributed by atoms with van der Waals surface area (Å²) in [6, 6.07) is 5.74. The molecule has 4 heteroatoms. The van der Waals surface area contributed by atoms with Crippen molar-refractivity contribution in [3.63, 3.8) is 0 Å². The lowest BCUT2D eigenvalue weighted by Crippen LogP contribution is -2.24. The van der Waals surface area contributed by atoms with Crippen LogP contribution in [0.2, 0.25) is 0 Å². The Hall–Kier alpha value is -1.97. The predicted molar refractivity (Wildman–Crippen MR) is 72.6 cm³/mol. The van der Waals surface area contributed by atoms with Gasteiger partial charge in [0.25, 0.3) is 0 Å². The number of hydrogen-bond donors (Lipinski definition) is 2. The number of esters is 1. The first-order chi connectivity index (χ1) is 8.29.